The van der Waals surface area contributed by atoms with E-state index in [4.69, 9.17) is 9.47 Å². The molecule has 1 aromatic carbocycles. The largest absolute Gasteiger partial charge is 0.498 e. The van der Waals surface area contributed by atoms with Crippen molar-refractivity contribution >= 4 is 6.29 Å². The molecule has 0 bridgehead atoms. The molecule has 0 spiro atoms. The molecule has 0 amide bonds. The third-order valence-electron chi connectivity index (χ3n) is 5.55. The van der Waals surface area contributed by atoms with Gasteiger partial charge in [-0.15, -0.1) is 6.58 Å². The second kappa shape index (κ2) is 41.0. The Morgan fingerprint density at radius 1 is 0.826 bits per heavy atom. The molecule has 0 saturated heterocycles. The first-order chi connectivity index (χ1) is 21.4. The van der Waals surface area contributed by atoms with Gasteiger partial charge in [-0.1, -0.05) is 136 Å². The fraction of sp³-hybridized carbons (Fsp3) is 0.738. The SMILES string of the molecule is C/C=C(\CC)OCCC(C)(C)C.C=CC.CC.CC.CC.CC(C)(C)C.CCC(C)(CC)c1ccc(OCC=O)c(C)c1.COC. The van der Waals surface area contributed by atoms with Crippen LogP contribution in [0.3, 0.4) is 0 Å². The zero-order valence-corrected chi connectivity index (χ0v) is 35.5. The van der Waals surface area contributed by atoms with E-state index < -0.39 is 0 Å². The normalized spacial score (nSPS) is 10.0. The molecule has 1 rings (SSSR count). The van der Waals surface area contributed by atoms with Crippen LogP contribution in [-0.2, 0) is 19.7 Å². The van der Waals surface area contributed by atoms with Crippen molar-refractivity contribution in [3.63, 3.8) is 0 Å². The highest BCUT2D eigenvalue weighted by Crippen LogP contribution is 2.33. The third-order valence-corrected chi connectivity index (χ3v) is 5.55. The molecule has 0 aromatic heterocycles. The van der Waals surface area contributed by atoms with Gasteiger partial charge in [-0.25, -0.2) is 0 Å². The highest BCUT2D eigenvalue weighted by Gasteiger charge is 2.22. The number of aldehydes is 1. The van der Waals surface area contributed by atoms with Gasteiger partial charge >= 0.3 is 0 Å². The number of hydrogen-bond donors (Lipinski definition) is 0. The lowest BCUT2D eigenvalue weighted by Crippen LogP contribution is -2.19. The molecule has 4 heteroatoms. The van der Waals surface area contributed by atoms with E-state index >= 15 is 0 Å². The van der Waals surface area contributed by atoms with Gasteiger partial charge in [0.25, 0.3) is 0 Å². The van der Waals surface area contributed by atoms with E-state index in [1.165, 1.54) is 5.56 Å². The number of carbonyl (C=O) groups excluding carboxylic acids is 1. The minimum absolute atomic E-state index is 0.124. The molecule has 0 radical (unpaired) electrons. The van der Waals surface area contributed by atoms with E-state index in [1.54, 1.807) is 20.3 Å². The first kappa shape index (κ1) is 59.4. The predicted molar refractivity (Wildman–Crippen MR) is 213 cm³/mol. The van der Waals surface area contributed by atoms with Gasteiger partial charge in [0.2, 0.25) is 0 Å². The quantitative estimate of drug-likeness (QED) is 0.143. The number of benzene rings is 1. The van der Waals surface area contributed by atoms with Crippen molar-refractivity contribution in [3.05, 3.63) is 53.8 Å². The Labute approximate surface area is 292 Å². The molecule has 0 unspecified atom stereocenters. The Morgan fingerprint density at radius 3 is 1.48 bits per heavy atom. The molecule has 0 saturated carbocycles. The van der Waals surface area contributed by atoms with E-state index in [1.807, 2.05) is 74.5 Å². The smallest absolute Gasteiger partial charge is 0.157 e. The lowest BCUT2D eigenvalue weighted by molar-refractivity contribution is -0.109. The monoisotopic (exact) mass is 655 g/mol. The number of rotatable bonds is 10. The van der Waals surface area contributed by atoms with Gasteiger partial charge in [-0.3, -0.25) is 4.79 Å². The predicted octanol–water partition coefficient (Wildman–Crippen LogP) is 14.0. The van der Waals surface area contributed by atoms with E-state index in [-0.39, 0.29) is 12.0 Å². The average molecular weight is 655 g/mol. The molecular weight excluding hydrogens is 568 g/mol. The van der Waals surface area contributed by atoms with E-state index in [0.717, 1.165) is 55.6 Å². The van der Waals surface area contributed by atoms with E-state index in [2.05, 4.69) is 99.6 Å². The first-order valence-electron chi connectivity index (χ1n) is 17.8. The van der Waals surface area contributed by atoms with Gasteiger partial charge in [0.15, 0.2) is 6.29 Å². The summed E-state index contributed by atoms with van der Waals surface area (Å²) in [6.07, 6.45) is 8.93. The topological polar surface area (TPSA) is 44.8 Å². The summed E-state index contributed by atoms with van der Waals surface area (Å²) < 4.78 is 15.2. The summed E-state index contributed by atoms with van der Waals surface area (Å²) in [6, 6.07) is 6.25. The van der Waals surface area contributed by atoms with Gasteiger partial charge in [0, 0.05) is 20.6 Å². The van der Waals surface area contributed by atoms with Gasteiger partial charge in [-0.2, -0.15) is 0 Å². The summed E-state index contributed by atoms with van der Waals surface area (Å²) in [7, 11) is 3.25. The molecular formula is C42H86O4. The molecule has 0 aliphatic carbocycles. The van der Waals surface area contributed by atoms with Crippen LogP contribution in [-0.4, -0.2) is 33.7 Å². The molecule has 0 aliphatic heterocycles. The molecule has 278 valence electrons. The van der Waals surface area contributed by atoms with Gasteiger partial charge < -0.3 is 14.2 Å². The number of allylic oxidation sites excluding steroid dienone is 3. The van der Waals surface area contributed by atoms with Crippen molar-refractivity contribution in [2.75, 3.05) is 27.4 Å². The van der Waals surface area contributed by atoms with E-state index in [0.29, 0.717) is 10.8 Å². The van der Waals surface area contributed by atoms with Crippen molar-refractivity contribution in [1.29, 1.82) is 0 Å². The Morgan fingerprint density at radius 2 is 1.22 bits per heavy atom. The zero-order valence-electron chi connectivity index (χ0n) is 35.5. The van der Waals surface area contributed by atoms with Crippen molar-refractivity contribution in [2.45, 2.75) is 170 Å². The van der Waals surface area contributed by atoms with Gasteiger partial charge in [-0.05, 0) is 79.5 Å². The summed E-state index contributed by atoms with van der Waals surface area (Å²) >= 11 is 0. The van der Waals surface area contributed by atoms with Crippen molar-refractivity contribution in [3.8, 4) is 5.75 Å². The maximum absolute atomic E-state index is 10.3. The van der Waals surface area contributed by atoms with Crippen LogP contribution in [0.25, 0.3) is 0 Å². The number of carbonyl (C=O) groups is 1. The second-order valence-corrected chi connectivity index (χ2v) is 12.8. The van der Waals surface area contributed by atoms with Crippen molar-refractivity contribution in [1.82, 2.24) is 0 Å². The van der Waals surface area contributed by atoms with Crippen LogP contribution >= 0.6 is 0 Å². The molecule has 46 heavy (non-hydrogen) atoms. The van der Waals surface area contributed by atoms with Crippen molar-refractivity contribution in [2.24, 2.45) is 10.8 Å². The Bertz CT molecular complexity index is 755. The van der Waals surface area contributed by atoms with Crippen LogP contribution in [0.5, 0.6) is 5.75 Å². The number of aryl methyl sites for hydroxylation is 1. The summed E-state index contributed by atoms with van der Waals surface area (Å²) in [5.74, 6) is 1.91. The lowest BCUT2D eigenvalue weighted by Gasteiger charge is -2.28. The summed E-state index contributed by atoms with van der Waals surface area (Å²) in [6.45, 7) is 46.6. The highest BCUT2D eigenvalue weighted by atomic mass is 16.5. The zero-order chi connectivity index (χ0) is 38.4. The second-order valence-electron chi connectivity index (χ2n) is 12.8. The standard InChI is InChI=1S/C15H22O2.C11H22O.C5H12.C3H6.C2H6O.3C2H6/c1-5-15(4,6-2)13-7-8-14(12(3)11-13)17-10-9-16;1-6-10(7-2)12-9-8-11(3,4)5;1-5(2,3)4;2*1-3-2;3*1-2/h7-9,11H,5-6,10H2,1-4H3;6H,7-9H2,1-5H3;1-4H3;3H,1H2,2H3;1-2H3;3*1-2H3/b;10-6+;;;;;;. The molecule has 1 aromatic rings. The Kier molecular flexibility index (Phi) is 52.9. The molecule has 0 aliphatic rings. The van der Waals surface area contributed by atoms with Gasteiger partial charge in [0.1, 0.15) is 12.4 Å². The summed E-state index contributed by atoms with van der Waals surface area (Å²) in [5.41, 5.74) is 3.55. The fourth-order valence-corrected chi connectivity index (χ4v) is 2.85. The van der Waals surface area contributed by atoms with Crippen LogP contribution < -0.4 is 4.74 Å². The Hall–Kier alpha value is -2.07. The molecule has 0 heterocycles. The average Bonchev–Trinajstić information content (AvgIpc) is 3.01. The van der Waals surface area contributed by atoms with Crippen molar-refractivity contribution < 1.29 is 19.0 Å². The lowest BCUT2D eigenvalue weighted by atomic mass is 9.77. The van der Waals surface area contributed by atoms with Crippen LogP contribution in [0, 0.1) is 17.8 Å². The van der Waals surface area contributed by atoms with Crippen LogP contribution in [0.4, 0.5) is 0 Å². The summed E-state index contributed by atoms with van der Waals surface area (Å²) in [5, 5.41) is 0. The summed E-state index contributed by atoms with van der Waals surface area (Å²) in [4.78, 5) is 10.3. The fourth-order valence-electron chi connectivity index (χ4n) is 2.85. The van der Waals surface area contributed by atoms with Crippen LogP contribution in [0.15, 0.2) is 42.7 Å². The van der Waals surface area contributed by atoms with Crippen LogP contribution in [0.2, 0.25) is 0 Å². The number of ether oxygens (including phenoxy) is 3. The van der Waals surface area contributed by atoms with Crippen LogP contribution in [0.1, 0.15) is 168 Å². The molecule has 0 N–H and O–H groups in total. The number of hydrogen-bond acceptors (Lipinski definition) is 4. The maximum atomic E-state index is 10.3. The van der Waals surface area contributed by atoms with Gasteiger partial charge in [0.05, 0.1) is 12.4 Å². The Balaban J connectivity index is -0.0000000911. The molecule has 4 nitrogen and oxygen atoms in total. The molecule has 0 atom stereocenters. The molecule has 0 fully saturated rings. The maximum Gasteiger partial charge on any atom is 0.157 e. The minimum atomic E-state index is 0.124. The third kappa shape index (κ3) is 48.8. The first-order valence-corrected chi connectivity index (χ1v) is 17.8. The highest BCUT2D eigenvalue weighted by molar-refractivity contribution is 5.52. The minimum Gasteiger partial charge on any atom is -0.498 e. The number of methoxy groups -OCH3 is 1. The van der Waals surface area contributed by atoms with E-state index in [9.17, 15) is 4.79 Å².